The van der Waals surface area contributed by atoms with E-state index in [2.05, 4.69) is 17.1 Å². The van der Waals surface area contributed by atoms with Gasteiger partial charge in [-0.1, -0.05) is 13.3 Å². The molecule has 6 heteroatoms. The first-order chi connectivity index (χ1) is 10.1. The Labute approximate surface area is 139 Å². The van der Waals surface area contributed by atoms with Gasteiger partial charge in [-0.15, -0.1) is 0 Å². The molecule has 116 valence electrons. The van der Waals surface area contributed by atoms with Gasteiger partial charge in [-0.2, -0.15) is 0 Å². The highest BCUT2D eigenvalue weighted by Crippen LogP contribution is 2.27. The molecule has 0 bridgehead atoms. The summed E-state index contributed by atoms with van der Waals surface area (Å²) in [6, 6.07) is 5.95. The summed E-state index contributed by atoms with van der Waals surface area (Å²) in [5.41, 5.74) is 1.27. The van der Waals surface area contributed by atoms with Crippen molar-refractivity contribution in [3.05, 3.63) is 31.9 Å². The van der Waals surface area contributed by atoms with Crippen LogP contribution in [0.1, 0.15) is 32.6 Å². The summed E-state index contributed by atoms with van der Waals surface area (Å²) in [5.74, 6) is 0. The Bertz CT molecular complexity index is 490. The third kappa shape index (κ3) is 4.54. The third-order valence-corrected chi connectivity index (χ3v) is 4.70. The van der Waals surface area contributed by atoms with Gasteiger partial charge in [0, 0.05) is 30.9 Å². The summed E-state index contributed by atoms with van der Waals surface area (Å²) in [7, 11) is 0. The zero-order valence-corrected chi connectivity index (χ0v) is 14.5. The summed E-state index contributed by atoms with van der Waals surface area (Å²) in [4.78, 5) is 12.9. The van der Waals surface area contributed by atoms with Crippen LogP contribution < -0.4 is 10.2 Å². The Kier molecular flexibility index (Phi) is 6.22. The zero-order valence-electron chi connectivity index (χ0n) is 12.3. The number of benzene rings is 1. The number of nitrogens with zero attached hydrogens (tertiary/aromatic N) is 2. The van der Waals surface area contributed by atoms with Crippen LogP contribution in [0.3, 0.4) is 0 Å². The van der Waals surface area contributed by atoms with Crippen LogP contribution >= 0.6 is 22.6 Å². The van der Waals surface area contributed by atoms with Crippen LogP contribution in [0.25, 0.3) is 0 Å². The second-order valence-corrected chi connectivity index (χ2v) is 6.65. The number of nitrogens with one attached hydrogen (secondary N) is 1. The molecule has 1 fully saturated rings. The Morgan fingerprint density at radius 1 is 1.48 bits per heavy atom. The number of nitro benzene ring substituents is 1. The maximum absolute atomic E-state index is 10.9. The average molecular weight is 403 g/mol. The van der Waals surface area contributed by atoms with Crippen molar-refractivity contribution in [3.63, 3.8) is 0 Å². The van der Waals surface area contributed by atoms with Crippen molar-refractivity contribution < 1.29 is 4.92 Å². The highest BCUT2D eigenvalue weighted by atomic mass is 127. The first kappa shape index (κ1) is 16.5. The minimum atomic E-state index is -0.321. The fourth-order valence-electron chi connectivity index (χ4n) is 2.78. The molecule has 2 rings (SSSR count). The SMILES string of the molecule is CCCN(CC1CCCCN1)c1ccc([N+](=O)[O-])c(I)c1. The van der Waals surface area contributed by atoms with Crippen molar-refractivity contribution in [1.82, 2.24) is 5.32 Å². The van der Waals surface area contributed by atoms with Gasteiger partial charge in [-0.3, -0.25) is 10.1 Å². The summed E-state index contributed by atoms with van der Waals surface area (Å²) in [6.45, 7) is 5.22. The molecule has 0 aromatic heterocycles. The molecule has 1 aliphatic rings. The number of halogens is 1. The van der Waals surface area contributed by atoms with Crippen molar-refractivity contribution in [1.29, 1.82) is 0 Å². The van der Waals surface area contributed by atoms with E-state index in [1.165, 1.54) is 19.3 Å². The Morgan fingerprint density at radius 2 is 2.29 bits per heavy atom. The zero-order chi connectivity index (χ0) is 15.2. The average Bonchev–Trinajstić information content (AvgIpc) is 2.47. The number of rotatable bonds is 6. The van der Waals surface area contributed by atoms with E-state index in [9.17, 15) is 10.1 Å². The van der Waals surface area contributed by atoms with Crippen LogP contribution in [0.5, 0.6) is 0 Å². The molecule has 0 amide bonds. The first-order valence-electron chi connectivity index (χ1n) is 7.54. The molecule has 21 heavy (non-hydrogen) atoms. The second-order valence-electron chi connectivity index (χ2n) is 5.49. The largest absolute Gasteiger partial charge is 0.370 e. The van der Waals surface area contributed by atoms with Gasteiger partial charge < -0.3 is 10.2 Å². The maximum atomic E-state index is 10.9. The molecule has 0 aliphatic carbocycles. The van der Waals surface area contributed by atoms with E-state index >= 15 is 0 Å². The molecule has 1 aromatic rings. The Hall–Kier alpha value is -0.890. The molecule has 5 nitrogen and oxygen atoms in total. The van der Waals surface area contributed by atoms with Gasteiger partial charge in [0.1, 0.15) is 0 Å². The molecule has 0 saturated carbocycles. The third-order valence-electron chi connectivity index (χ3n) is 3.84. The topological polar surface area (TPSA) is 58.4 Å². The van der Waals surface area contributed by atoms with Gasteiger partial charge in [0.05, 0.1) is 8.49 Å². The lowest BCUT2D eigenvalue weighted by molar-refractivity contribution is -0.385. The molecule has 1 aliphatic heterocycles. The minimum Gasteiger partial charge on any atom is -0.370 e. The van der Waals surface area contributed by atoms with Crippen molar-refractivity contribution in [2.45, 2.75) is 38.6 Å². The van der Waals surface area contributed by atoms with Gasteiger partial charge in [0.25, 0.3) is 5.69 Å². The molecule has 1 unspecified atom stereocenters. The van der Waals surface area contributed by atoms with E-state index < -0.39 is 0 Å². The van der Waals surface area contributed by atoms with Crippen LogP contribution in [0.2, 0.25) is 0 Å². The fraction of sp³-hybridized carbons (Fsp3) is 0.600. The van der Waals surface area contributed by atoms with Gasteiger partial charge in [0.15, 0.2) is 0 Å². The number of hydrogen-bond donors (Lipinski definition) is 1. The van der Waals surface area contributed by atoms with Gasteiger partial charge >= 0.3 is 0 Å². The van der Waals surface area contributed by atoms with Crippen LogP contribution in [-0.4, -0.2) is 30.6 Å². The van der Waals surface area contributed by atoms with E-state index in [0.29, 0.717) is 9.61 Å². The highest BCUT2D eigenvalue weighted by Gasteiger charge is 2.19. The van der Waals surface area contributed by atoms with Crippen LogP contribution in [0.15, 0.2) is 18.2 Å². The molecule has 1 aromatic carbocycles. The van der Waals surface area contributed by atoms with E-state index in [-0.39, 0.29) is 10.6 Å². The lowest BCUT2D eigenvalue weighted by Crippen LogP contribution is -2.44. The maximum Gasteiger partial charge on any atom is 0.282 e. The summed E-state index contributed by atoms with van der Waals surface area (Å²) >= 11 is 2.05. The number of piperidine rings is 1. The lowest BCUT2D eigenvalue weighted by Gasteiger charge is -2.32. The standard InChI is InChI=1S/C15H22IN3O2/c1-2-9-18(11-12-5-3-4-8-17-12)13-6-7-15(19(20)21)14(16)10-13/h6-7,10,12,17H,2-5,8-9,11H2,1H3. The van der Waals surface area contributed by atoms with E-state index in [4.69, 9.17) is 0 Å². The minimum absolute atomic E-state index is 0.187. The van der Waals surface area contributed by atoms with E-state index in [1.54, 1.807) is 6.07 Å². The quantitative estimate of drug-likeness (QED) is 0.448. The van der Waals surface area contributed by atoms with Crippen LogP contribution in [0, 0.1) is 13.7 Å². The normalized spacial score (nSPS) is 18.5. The molecular weight excluding hydrogens is 381 g/mol. The first-order valence-corrected chi connectivity index (χ1v) is 8.62. The van der Waals surface area contributed by atoms with Crippen molar-refractivity contribution >= 4 is 34.0 Å². The Morgan fingerprint density at radius 3 is 2.86 bits per heavy atom. The second kappa shape index (κ2) is 7.93. The summed E-state index contributed by atoms with van der Waals surface area (Å²) in [5, 5.41) is 14.5. The van der Waals surface area contributed by atoms with Crippen LogP contribution in [-0.2, 0) is 0 Å². The van der Waals surface area contributed by atoms with Gasteiger partial charge in [0.2, 0.25) is 0 Å². The molecule has 1 atom stereocenters. The molecule has 1 N–H and O–H groups in total. The number of anilines is 1. The predicted molar refractivity (Wildman–Crippen MR) is 94.0 cm³/mol. The fourth-order valence-corrected chi connectivity index (χ4v) is 3.48. The molecule has 0 spiro atoms. The Balaban J connectivity index is 2.13. The molecule has 1 heterocycles. The van der Waals surface area contributed by atoms with Crippen molar-refractivity contribution in [3.8, 4) is 0 Å². The van der Waals surface area contributed by atoms with Crippen molar-refractivity contribution in [2.24, 2.45) is 0 Å². The predicted octanol–water partition coefficient (Wildman–Crippen LogP) is 3.56. The molecular formula is C15H22IN3O2. The monoisotopic (exact) mass is 403 g/mol. The highest BCUT2D eigenvalue weighted by molar-refractivity contribution is 14.1. The molecule has 1 saturated heterocycles. The van der Waals surface area contributed by atoms with Crippen LogP contribution in [0.4, 0.5) is 11.4 Å². The van der Waals surface area contributed by atoms with E-state index in [1.807, 2.05) is 34.7 Å². The number of hydrogen-bond acceptors (Lipinski definition) is 4. The summed E-state index contributed by atoms with van der Waals surface area (Å²) < 4.78 is 0.702. The summed E-state index contributed by atoms with van der Waals surface area (Å²) in [6.07, 6.45) is 4.83. The smallest absolute Gasteiger partial charge is 0.282 e. The van der Waals surface area contributed by atoms with Crippen molar-refractivity contribution in [2.75, 3.05) is 24.5 Å². The van der Waals surface area contributed by atoms with Gasteiger partial charge in [-0.05, 0) is 60.5 Å². The number of nitro groups is 1. The van der Waals surface area contributed by atoms with E-state index in [0.717, 1.165) is 31.7 Å². The molecule has 0 radical (unpaired) electrons. The lowest BCUT2D eigenvalue weighted by atomic mass is 10.0. The van der Waals surface area contributed by atoms with Gasteiger partial charge in [-0.25, -0.2) is 0 Å².